The van der Waals surface area contributed by atoms with Gasteiger partial charge in [-0.3, -0.25) is 4.79 Å². The molecule has 0 saturated carbocycles. The van der Waals surface area contributed by atoms with Gasteiger partial charge in [0.2, 0.25) is 5.91 Å². The molecule has 0 saturated heterocycles. The molecule has 14 heavy (non-hydrogen) atoms. The van der Waals surface area contributed by atoms with Gasteiger partial charge in [-0.15, -0.1) is 11.6 Å². The molecule has 3 heteroatoms. The molecule has 0 heterocycles. The van der Waals surface area contributed by atoms with Gasteiger partial charge >= 0.3 is 0 Å². The van der Waals surface area contributed by atoms with Gasteiger partial charge in [-0.1, -0.05) is 18.2 Å². The van der Waals surface area contributed by atoms with Gasteiger partial charge in [-0.2, -0.15) is 0 Å². The smallest absolute Gasteiger partial charge is 0.248 e. The van der Waals surface area contributed by atoms with E-state index in [1.807, 2.05) is 18.2 Å². The van der Waals surface area contributed by atoms with E-state index in [0.717, 1.165) is 24.8 Å². The standard InChI is InChI=1S/C11H14ClNO/c12-8-4-3-6-9-5-1-2-7-10(9)11(13)14/h1-2,5,7H,3-4,6,8H2,(H2,13,14). The van der Waals surface area contributed by atoms with Crippen LogP contribution in [0.4, 0.5) is 0 Å². The Balaban J connectivity index is 2.69. The molecule has 2 N–H and O–H groups in total. The van der Waals surface area contributed by atoms with Crippen molar-refractivity contribution in [1.29, 1.82) is 0 Å². The average molecular weight is 212 g/mol. The van der Waals surface area contributed by atoms with Crippen molar-refractivity contribution in [1.82, 2.24) is 0 Å². The Morgan fingerprint density at radius 3 is 2.64 bits per heavy atom. The zero-order valence-electron chi connectivity index (χ0n) is 8.00. The predicted molar refractivity (Wildman–Crippen MR) is 58.6 cm³/mol. The molecule has 0 aliphatic heterocycles. The van der Waals surface area contributed by atoms with E-state index >= 15 is 0 Å². The summed E-state index contributed by atoms with van der Waals surface area (Å²) in [7, 11) is 0. The quantitative estimate of drug-likeness (QED) is 0.590. The Morgan fingerprint density at radius 1 is 1.29 bits per heavy atom. The van der Waals surface area contributed by atoms with E-state index in [9.17, 15) is 4.79 Å². The number of nitrogens with two attached hydrogens (primary N) is 1. The SMILES string of the molecule is NC(=O)c1ccccc1CCCCCl. The highest BCUT2D eigenvalue weighted by Gasteiger charge is 2.05. The first-order valence-electron chi connectivity index (χ1n) is 4.69. The number of aryl methyl sites for hydroxylation is 1. The molecular formula is C11H14ClNO. The fraction of sp³-hybridized carbons (Fsp3) is 0.364. The molecule has 0 aromatic heterocycles. The first kappa shape index (κ1) is 11.1. The highest BCUT2D eigenvalue weighted by atomic mass is 35.5. The number of unbranched alkanes of at least 4 members (excludes halogenated alkanes) is 1. The number of primary amides is 1. The Hall–Kier alpha value is -1.02. The Kier molecular flexibility index (Phi) is 4.47. The van der Waals surface area contributed by atoms with E-state index < -0.39 is 0 Å². The number of benzene rings is 1. The lowest BCUT2D eigenvalue weighted by atomic mass is 10.0. The van der Waals surface area contributed by atoms with Crippen LogP contribution in [-0.2, 0) is 6.42 Å². The van der Waals surface area contributed by atoms with Crippen LogP contribution in [0.15, 0.2) is 24.3 Å². The lowest BCUT2D eigenvalue weighted by molar-refractivity contribution is 0.0999. The zero-order valence-corrected chi connectivity index (χ0v) is 8.76. The van der Waals surface area contributed by atoms with E-state index in [0.29, 0.717) is 11.4 Å². The van der Waals surface area contributed by atoms with E-state index in [4.69, 9.17) is 17.3 Å². The van der Waals surface area contributed by atoms with Crippen LogP contribution in [0.5, 0.6) is 0 Å². The molecule has 0 unspecified atom stereocenters. The topological polar surface area (TPSA) is 43.1 Å². The number of halogens is 1. The summed E-state index contributed by atoms with van der Waals surface area (Å²) in [5, 5.41) is 0. The molecule has 0 aliphatic rings. The van der Waals surface area contributed by atoms with Crippen LogP contribution >= 0.6 is 11.6 Å². The van der Waals surface area contributed by atoms with Crippen LogP contribution in [0, 0.1) is 0 Å². The fourth-order valence-electron chi connectivity index (χ4n) is 1.39. The minimum absolute atomic E-state index is 0.355. The second kappa shape index (κ2) is 5.66. The van der Waals surface area contributed by atoms with E-state index in [-0.39, 0.29) is 5.91 Å². The van der Waals surface area contributed by atoms with Gasteiger partial charge in [0.05, 0.1) is 0 Å². The maximum atomic E-state index is 11.1. The van der Waals surface area contributed by atoms with Crippen molar-refractivity contribution >= 4 is 17.5 Å². The van der Waals surface area contributed by atoms with Gasteiger partial charge in [0.25, 0.3) is 0 Å². The monoisotopic (exact) mass is 211 g/mol. The minimum atomic E-state index is -0.355. The largest absolute Gasteiger partial charge is 0.366 e. The van der Waals surface area contributed by atoms with Crippen LogP contribution in [0.3, 0.4) is 0 Å². The highest BCUT2D eigenvalue weighted by Crippen LogP contribution is 2.11. The summed E-state index contributed by atoms with van der Waals surface area (Å²) in [6, 6.07) is 7.44. The second-order valence-corrected chi connectivity index (χ2v) is 3.55. The molecular weight excluding hydrogens is 198 g/mol. The number of hydrogen-bond donors (Lipinski definition) is 1. The Labute approximate surface area is 89.1 Å². The van der Waals surface area contributed by atoms with Gasteiger partial charge in [0.1, 0.15) is 0 Å². The van der Waals surface area contributed by atoms with Crippen molar-refractivity contribution in [2.75, 3.05) is 5.88 Å². The number of amides is 1. The molecule has 1 aromatic carbocycles. The van der Waals surface area contributed by atoms with Crippen LogP contribution < -0.4 is 5.73 Å². The summed E-state index contributed by atoms with van der Waals surface area (Å²) in [6.07, 6.45) is 2.83. The highest BCUT2D eigenvalue weighted by molar-refractivity contribution is 6.17. The number of carbonyl (C=O) groups is 1. The summed E-state index contributed by atoms with van der Waals surface area (Å²) >= 11 is 5.58. The lowest BCUT2D eigenvalue weighted by Crippen LogP contribution is -2.13. The summed E-state index contributed by atoms with van der Waals surface area (Å²) in [6.45, 7) is 0. The average Bonchev–Trinajstić information content (AvgIpc) is 2.19. The molecule has 1 aromatic rings. The summed E-state index contributed by atoms with van der Waals surface area (Å²) in [4.78, 5) is 11.1. The molecule has 0 fully saturated rings. The van der Waals surface area contributed by atoms with E-state index in [1.165, 1.54) is 0 Å². The van der Waals surface area contributed by atoms with Gasteiger partial charge in [-0.05, 0) is 30.9 Å². The summed E-state index contributed by atoms with van der Waals surface area (Å²) in [5.41, 5.74) is 6.90. The van der Waals surface area contributed by atoms with Gasteiger partial charge in [-0.25, -0.2) is 0 Å². The fourth-order valence-corrected chi connectivity index (χ4v) is 1.58. The molecule has 0 aliphatic carbocycles. The molecule has 1 rings (SSSR count). The molecule has 1 amide bonds. The van der Waals surface area contributed by atoms with Gasteiger partial charge in [0, 0.05) is 11.4 Å². The Morgan fingerprint density at radius 2 is 2.00 bits per heavy atom. The maximum absolute atomic E-state index is 11.1. The summed E-state index contributed by atoms with van der Waals surface area (Å²) < 4.78 is 0. The summed E-state index contributed by atoms with van der Waals surface area (Å²) in [5.74, 6) is 0.310. The van der Waals surface area contributed by atoms with Crippen molar-refractivity contribution < 1.29 is 4.79 Å². The van der Waals surface area contributed by atoms with Crippen LogP contribution in [-0.4, -0.2) is 11.8 Å². The van der Waals surface area contributed by atoms with E-state index in [2.05, 4.69) is 0 Å². The van der Waals surface area contributed by atoms with Crippen LogP contribution in [0.1, 0.15) is 28.8 Å². The first-order chi connectivity index (χ1) is 6.75. The van der Waals surface area contributed by atoms with Crippen molar-refractivity contribution in [2.45, 2.75) is 19.3 Å². The van der Waals surface area contributed by atoms with Gasteiger partial charge in [0.15, 0.2) is 0 Å². The number of hydrogen-bond acceptors (Lipinski definition) is 1. The molecule has 2 nitrogen and oxygen atoms in total. The zero-order chi connectivity index (χ0) is 10.4. The number of alkyl halides is 1. The third-order valence-electron chi connectivity index (χ3n) is 2.11. The molecule has 0 bridgehead atoms. The molecule has 0 radical (unpaired) electrons. The molecule has 0 spiro atoms. The molecule has 0 atom stereocenters. The minimum Gasteiger partial charge on any atom is -0.366 e. The normalized spacial score (nSPS) is 10.1. The first-order valence-corrected chi connectivity index (χ1v) is 5.23. The van der Waals surface area contributed by atoms with Crippen molar-refractivity contribution in [3.05, 3.63) is 35.4 Å². The van der Waals surface area contributed by atoms with Crippen molar-refractivity contribution in [3.63, 3.8) is 0 Å². The maximum Gasteiger partial charge on any atom is 0.248 e. The van der Waals surface area contributed by atoms with Gasteiger partial charge < -0.3 is 5.73 Å². The van der Waals surface area contributed by atoms with Crippen LogP contribution in [0.25, 0.3) is 0 Å². The Bertz CT molecular complexity index is 312. The van der Waals surface area contributed by atoms with Crippen molar-refractivity contribution in [2.24, 2.45) is 5.73 Å². The third-order valence-corrected chi connectivity index (χ3v) is 2.38. The van der Waals surface area contributed by atoms with Crippen LogP contribution in [0.2, 0.25) is 0 Å². The third kappa shape index (κ3) is 3.04. The number of rotatable bonds is 5. The molecule has 76 valence electrons. The van der Waals surface area contributed by atoms with Crippen molar-refractivity contribution in [3.8, 4) is 0 Å². The second-order valence-electron chi connectivity index (χ2n) is 3.17. The van der Waals surface area contributed by atoms with E-state index in [1.54, 1.807) is 6.07 Å². The predicted octanol–water partition coefficient (Wildman–Crippen LogP) is 2.35. The lowest BCUT2D eigenvalue weighted by Gasteiger charge is -2.05. The number of carbonyl (C=O) groups excluding carboxylic acids is 1.